The molecule has 3 aromatic carbocycles. The molecular formula is C26H25N5O2S. The molecule has 0 radical (unpaired) electrons. The normalized spacial score (nSPS) is 16.9. The van der Waals surface area contributed by atoms with Gasteiger partial charge in [0.1, 0.15) is 11.0 Å². The van der Waals surface area contributed by atoms with E-state index < -0.39 is 5.25 Å². The van der Waals surface area contributed by atoms with Gasteiger partial charge in [0, 0.05) is 11.3 Å². The second kappa shape index (κ2) is 9.23. The number of aryl methyl sites for hydroxylation is 2. The van der Waals surface area contributed by atoms with Gasteiger partial charge in [0.05, 0.1) is 13.2 Å². The van der Waals surface area contributed by atoms with Crippen molar-refractivity contribution in [2.24, 2.45) is 0 Å². The Hall–Kier alpha value is -3.78. The molecule has 8 heteroatoms. The molecule has 2 N–H and O–H groups in total. The van der Waals surface area contributed by atoms with Crippen molar-refractivity contribution >= 4 is 23.4 Å². The first-order valence-corrected chi connectivity index (χ1v) is 11.9. The topological polar surface area (TPSA) is 81.1 Å². The Bertz CT molecular complexity index is 1320. The van der Waals surface area contributed by atoms with E-state index in [-0.39, 0.29) is 11.9 Å². The summed E-state index contributed by atoms with van der Waals surface area (Å²) in [4.78, 5) is 13.5. The van der Waals surface area contributed by atoms with Gasteiger partial charge in [0.25, 0.3) is 0 Å². The van der Waals surface area contributed by atoms with Crippen LogP contribution in [-0.2, 0) is 4.79 Å². The number of aromatic nitrogens is 3. The zero-order valence-electron chi connectivity index (χ0n) is 19.1. The number of nitrogens with one attached hydrogen (secondary N) is 2. The second-order valence-electron chi connectivity index (χ2n) is 8.21. The maximum Gasteiger partial charge on any atom is 0.240 e. The summed E-state index contributed by atoms with van der Waals surface area (Å²) in [5, 5.41) is 12.0. The number of fused-ring (bicyclic) bond motifs is 1. The molecule has 2 heterocycles. The summed E-state index contributed by atoms with van der Waals surface area (Å²) in [7, 11) is 1.64. The lowest BCUT2D eigenvalue weighted by atomic mass is 10.0. The Balaban J connectivity index is 1.50. The molecule has 0 bridgehead atoms. The molecule has 5 rings (SSSR count). The Morgan fingerprint density at radius 1 is 1.00 bits per heavy atom. The van der Waals surface area contributed by atoms with Crippen molar-refractivity contribution in [1.29, 1.82) is 0 Å². The number of carbonyl (C=O) groups excluding carboxylic acids is 1. The number of hydrogen-bond donors (Lipinski definition) is 2. The Labute approximate surface area is 202 Å². The summed E-state index contributed by atoms with van der Waals surface area (Å²) in [6, 6.07) is 23.3. The van der Waals surface area contributed by atoms with E-state index in [2.05, 4.69) is 27.9 Å². The number of carbonyl (C=O) groups is 1. The number of hydrogen-bond acceptors (Lipinski definition) is 6. The molecule has 7 nitrogen and oxygen atoms in total. The van der Waals surface area contributed by atoms with Gasteiger partial charge in [-0.1, -0.05) is 60.3 Å². The Kier molecular flexibility index (Phi) is 5.98. The van der Waals surface area contributed by atoms with Gasteiger partial charge in [-0.05, 0) is 54.8 Å². The zero-order chi connectivity index (χ0) is 23.7. The number of rotatable bonds is 5. The lowest BCUT2D eigenvalue weighted by Crippen LogP contribution is -2.41. The van der Waals surface area contributed by atoms with Gasteiger partial charge < -0.3 is 15.5 Å². The first-order valence-electron chi connectivity index (χ1n) is 11.0. The number of benzene rings is 3. The molecule has 1 aliphatic heterocycles. The third-order valence-corrected chi connectivity index (χ3v) is 7.19. The first-order chi connectivity index (χ1) is 16.5. The van der Waals surface area contributed by atoms with Crippen molar-refractivity contribution in [3.05, 3.63) is 89.5 Å². The molecular weight excluding hydrogens is 446 g/mol. The van der Waals surface area contributed by atoms with E-state index in [9.17, 15) is 4.79 Å². The average Bonchev–Trinajstić information content (AvgIpc) is 3.29. The van der Waals surface area contributed by atoms with E-state index in [1.165, 1.54) is 17.3 Å². The predicted octanol–water partition coefficient (Wildman–Crippen LogP) is 4.97. The molecule has 0 saturated carbocycles. The van der Waals surface area contributed by atoms with E-state index in [0.29, 0.717) is 11.0 Å². The van der Waals surface area contributed by atoms with Gasteiger partial charge >= 0.3 is 0 Å². The van der Waals surface area contributed by atoms with Gasteiger partial charge in [-0.15, -0.1) is 10.2 Å². The average molecular weight is 472 g/mol. The van der Waals surface area contributed by atoms with Crippen LogP contribution < -0.4 is 15.5 Å². The molecule has 172 valence electrons. The van der Waals surface area contributed by atoms with Crippen LogP contribution in [0.3, 0.4) is 0 Å². The first kappa shape index (κ1) is 22.0. The summed E-state index contributed by atoms with van der Waals surface area (Å²) in [6.45, 7) is 4.09. The summed E-state index contributed by atoms with van der Waals surface area (Å²) < 4.78 is 7.19. The molecule has 34 heavy (non-hydrogen) atoms. The Morgan fingerprint density at radius 3 is 2.47 bits per heavy atom. The lowest BCUT2D eigenvalue weighted by molar-refractivity contribution is -0.116. The van der Waals surface area contributed by atoms with Crippen molar-refractivity contribution in [3.63, 3.8) is 0 Å². The molecule has 0 saturated heterocycles. The van der Waals surface area contributed by atoms with Gasteiger partial charge in [-0.3, -0.25) is 4.79 Å². The number of nitrogens with zero attached hydrogens (tertiary/aromatic N) is 3. The third-order valence-electron chi connectivity index (χ3n) is 5.98. The minimum atomic E-state index is -0.463. The Morgan fingerprint density at radius 2 is 1.76 bits per heavy atom. The van der Waals surface area contributed by atoms with Crippen LogP contribution in [0, 0.1) is 13.8 Å². The summed E-state index contributed by atoms with van der Waals surface area (Å²) >= 11 is 1.40. The van der Waals surface area contributed by atoms with Crippen LogP contribution >= 0.6 is 11.8 Å². The highest BCUT2D eigenvalue weighted by molar-refractivity contribution is 8.00. The van der Waals surface area contributed by atoms with Crippen LogP contribution in [-0.4, -0.2) is 33.1 Å². The van der Waals surface area contributed by atoms with Crippen LogP contribution in [0.5, 0.6) is 5.75 Å². The summed E-state index contributed by atoms with van der Waals surface area (Å²) in [6.07, 6.45) is 0. The molecule has 1 aromatic heterocycles. The number of thioether (sulfide) groups is 1. The van der Waals surface area contributed by atoms with Gasteiger partial charge in [0.15, 0.2) is 5.82 Å². The SMILES string of the molecule is COc1ccc([C@@H]2Nn3c(nnc3-c3ccccc3)S[C@@H]2C(=O)Nc2ccc(C)c(C)c2)cc1. The fourth-order valence-corrected chi connectivity index (χ4v) is 5.00. The number of amides is 1. The van der Waals surface area contributed by atoms with E-state index in [4.69, 9.17) is 4.74 Å². The van der Waals surface area contributed by atoms with Crippen molar-refractivity contribution in [1.82, 2.24) is 14.9 Å². The maximum absolute atomic E-state index is 13.5. The zero-order valence-corrected chi connectivity index (χ0v) is 20.0. The van der Waals surface area contributed by atoms with Gasteiger partial charge in [-0.25, -0.2) is 4.68 Å². The van der Waals surface area contributed by atoms with Crippen molar-refractivity contribution < 1.29 is 9.53 Å². The number of anilines is 1. The largest absolute Gasteiger partial charge is 0.497 e. The molecule has 1 aliphatic rings. The summed E-state index contributed by atoms with van der Waals surface area (Å²) in [5.41, 5.74) is 8.51. The second-order valence-corrected chi connectivity index (χ2v) is 9.32. The van der Waals surface area contributed by atoms with Crippen LogP contribution in [0.4, 0.5) is 5.69 Å². The maximum atomic E-state index is 13.5. The monoisotopic (exact) mass is 471 g/mol. The van der Waals surface area contributed by atoms with E-state index in [0.717, 1.165) is 28.1 Å². The number of ether oxygens (including phenoxy) is 1. The standard InChI is InChI=1S/C26H25N5O2S/c1-16-9-12-20(15-17(16)2)27-25(32)23-22(18-10-13-21(33-3)14-11-18)30-31-24(28-29-26(31)34-23)19-7-5-4-6-8-19/h4-15,22-23,30H,1-3H3,(H,27,32)/t22-,23-/m0/s1. The third kappa shape index (κ3) is 4.24. The van der Waals surface area contributed by atoms with Gasteiger partial charge in [-0.2, -0.15) is 0 Å². The predicted molar refractivity (Wildman–Crippen MR) is 135 cm³/mol. The molecule has 0 unspecified atom stereocenters. The van der Waals surface area contributed by atoms with Crippen LogP contribution in [0.1, 0.15) is 22.7 Å². The van der Waals surface area contributed by atoms with Crippen molar-refractivity contribution in [2.45, 2.75) is 30.3 Å². The van der Waals surface area contributed by atoms with Crippen molar-refractivity contribution in [2.75, 3.05) is 17.9 Å². The van der Waals surface area contributed by atoms with E-state index in [1.54, 1.807) is 7.11 Å². The molecule has 4 aromatic rings. The lowest BCUT2D eigenvalue weighted by Gasteiger charge is -2.33. The highest BCUT2D eigenvalue weighted by Gasteiger charge is 2.38. The highest BCUT2D eigenvalue weighted by atomic mass is 32.2. The molecule has 1 amide bonds. The minimum absolute atomic E-state index is 0.0999. The van der Waals surface area contributed by atoms with E-state index in [1.807, 2.05) is 84.4 Å². The molecule has 2 atom stereocenters. The van der Waals surface area contributed by atoms with Crippen molar-refractivity contribution in [3.8, 4) is 17.1 Å². The fraction of sp³-hybridized carbons (Fsp3) is 0.192. The molecule has 0 fully saturated rings. The molecule has 0 spiro atoms. The smallest absolute Gasteiger partial charge is 0.240 e. The van der Waals surface area contributed by atoms with E-state index >= 15 is 0 Å². The quantitative estimate of drug-likeness (QED) is 0.428. The molecule has 0 aliphatic carbocycles. The van der Waals surface area contributed by atoms with Gasteiger partial charge in [0.2, 0.25) is 11.1 Å². The van der Waals surface area contributed by atoms with Crippen LogP contribution in [0.2, 0.25) is 0 Å². The van der Waals surface area contributed by atoms with Crippen LogP contribution in [0.15, 0.2) is 78.0 Å². The number of methoxy groups -OCH3 is 1. The van der Waals surface area contributed by atoms with Crippen LogP contribution in [0.25, 0.3) is 11.4 Å². The summed E-state index contributed by atoms with van der Waals surface area (Å²) in [5.74, 6) is 1.37. The minimum Gasteiger partial charge on any atom is -0.497 e. The fourth-order valence-electron chi connectivity index (χ4n) is 3.92. The highest BCUT2D eigenvalue weighted by Crippen LogP contribution is 2.39.